The molecule has 0 bridgehead atoms. The first-order valence-electron chi connectivity index (χ1n) is 7.39. The SMILES string of the molecule is CCCCCOC[C@H]1C[C@H](C/C(C)=N\NC(N)=S)C(=O)O1. The molecular formula is C14H25N3O3S. The Morgan fingerprint density at radius 1 is 1.57 bits per heavy atom. The number of hydrogen-bond donors (Lipinski definition) is 2. The van der Waals surface area contributed by atoms with Crippen molar-refractivity contribution in [3.05, 3.63) is 0 Å². The van der Waals surface area contributed by atoms with Crippen molar-refractivity contribution in [3.63, 3.8) is 0 Å². The Labute approximate surface area is 131 Å². The second kappa shape index (κ2) is 9.68. The summed E-state index contributed by atoms with van der Waals surface area (Å²) in [5.74, 6) is -0.340. The summed E-state index contributed by atoms with van der Waals surface area (Å²) in [6, 6.07) is 0. The molecule has 1 heterocycles. The summed E-state index contributed by atoms with van der Waals surface area (Å²) in [4.78, 5) is 11.8. The fourth-order valence-electron chi connectivity index (χ4n) is 2.21. The molecular weight excluding hydrogens is 290 g/mol. The Kier molecular flexibility index (Phi) is 8.22. The van der Waals surface area contributed by atoms with Crippen LogP contribution in [0.3, 0.4) is 0 Å². The number of nitrogens with zero attached hydrogens (tertiary/aromatic N) is 1. The largest absolute Gasteiger partial charge is 0.460 e. The van der Waals surface area contributed by atoms with E-state index in [1.165, 1.54) is 12.8 Å². The lowest BCUT2D eigenvalue weighted by Gasteiger charge is -2.09. The second-order valence-corrected chi connectivity index (χ2v) is 5.74. The fourth-order valence-corrected chi connectivity index (χ4v) is 2.26. The Balaban J connectivity index is 2.27. The van der Waals surface area contributed by atoms with E-state index >= 15 is 0 Å². The lowest BCUT2D eigenvalue weighted by molar-refractivity contribution is -0.146. The van der Waals surface area contributed by atoms with Crippen molar-refractivity contribution in [1.82, 2.24) is 5.43 Å². The summed E-state index contributed by atoms with van der Waals surface area (Å²) in [6.07, 6.45) is 4.46. The first kappa shape index (κ1) is 17.8. The molecule has 0 aromatic carbocycles. The van der Waals surface area contributed by atoms with Crippen molar-refractivity contribution >= 4 is 29.0 Å². The van der Waals surface area contributed by atoms with Crippen LogP contribution in [0, 0.1) is 5.92 Å². The van der Waals surface area contributed by atoms with Crippen LogP contribution in [0.5, 0.6) is 0 Å². The molecule has 1 saturated heterocycles. The first-order chi connectivity index (χ1) is 10.0. The summed E-state index contributed by atoms with van der Waals surface area (Å²) in [5, 5.41) is 4.12. The highest BCUT2D eigenvalue weighted by Gasteiger charge is 2.34. The Hall–Kier alpha value is -1.21. The van der Waals surface area contributed by atoms with Gasteiger partial charge >= 0.3 is 5.97 Å². The van der Waals surface area contributed by atoms with Gasteiger partial charge in [0.1, 0.15) is 6.10 Å². The average molecular weight is 315 g/mol. The van der Waals surface area contributed by atoms with Crippen LogP contribution >= 0.6 is 12.2 Å². The second-order valence-electron chi connectivity index (χ2n) is 5.30. The van der Waals surface area contributed by atoms with Crippen molar-refractivity contribution < 1.29 is 14.3 Å². The molecule has 3 N–H and O–H groups in total. The zero-order valence-corrected chi connectivity index (χ0v) is 13.6. The van der Waals surface area contributed by atoms with E-state index in [1.54, 1.807) is 0 Å². The summed E-state index contributed by atoms with van der Waals surface area (Å²) >= 11 is 4.67. The van der Waals surface area contributed by atoms with E-state index in [2.05, 4.69) is 29.7 Å². The number of ether oxygens (including phenoxy) is 2. The van der Waals surface area contributed by atoms with Crippen LogP contribution in [0.4, 0.5) is 0 Å². The Morgan fingerprint density at radius 3 is 3.00 bits per heavy atom. The molecule has 0 amide bonds. The van der Waals surface area contributed by atoms with Gasteiger partial charge < -0.3 is 15.2 Å². The molecule has 0 aromatic heterocycles. The number of nitrogens with one attached hydrogen (secondary N) is 1. The quantitative estimate of drug-likeness (QED) is 0.221. The van der Waals surface area contributed by atoms with E-state index in [-0.39, 0.29) is 23.1 Å². The number of rotatable bonds is 9. The van der Waals surface area contributed by atoms with Gasteiger partial charge in [0.25, 0.3) is 0 Å². The van der Waals surface area contributed by atoms with E-state index in [0.717, 1.165) is 18.7 Å². The van der Waals surface area contributed by atoms with Gasteiger partial charge in [-0.25, -0.2) is 0 Å². The fraction of sp³-hybridized carbons (Fsp3) is 0.786. The van der Waals surface area contributed by atoms with Gasteiger partial charge in [-0.3, -0.25) is 10.2 Å². The van der Waals surface area contributed by atoms with Gasteiger partial charge in [0.2, 0.25) is 0 Å². The molecule has 1 aliphatic heterocycles. The highest BCUT2D eigenvalue weighted by atomic mass is 32.1. The summed E-state index contributed by atoms with van der Waals surface area (Å²) in [7, 11) is 0. The normalized spacial score (nSPS) is 22.2. The number of nitrogens with two attached hydrogens (primary N) is 1. The summed E-state index contributed by atoms with van der Waals surface area (Å²) < 4.78 is 10.9. The highest BCUT2D eigenvalue weighted by Crippen LogP contribution is 2.24. The number of esters is 1. The van der Waals surface area contributed by atoms with Crippen molar-refractivity contribution in [1.29, 1.82) is 0 Å². The molecule has 1 rings (SSSR count). The van der Waals surface area contributed by atoms with E-state index in [9.17, 15) is 4.79 Å². The van der Waals surface area contributed by atoms with Gasteiger partial charge in [0, 0.05) is 25.2 Å². The third-order valence-electron chi connectivity index (χ3n) is 3.26. The minimum absolute atomic E-state index is 0.113. The number of hydrazone groups is 1. The van der Waals surface area contributed by atoms with Crippen LogP contribution < -0.4 is 11.2 Å². The molecule has 2 atom stereocenters. The van der Waals surface area contributed by atoms with Crippen LogP contribution in [-0.4, -0.2) is 36.1 Å². The van der Waals surface area contributed by atoms with Crippen LogP contribution in [0.1, 0.15) is 46.0 Å². The van der Waals surface area contributed by atoms with Gasteiger partial charge in [0.15, 0.2) is 5.11 Å². The van der Waals surface area contributed by atoms with E-state index in [0.29, 0.717) is 19.4 Å². The zero-order chi connectivity index (χ0) is 15.7. The summed E-state index contributed by atoms with van der Waals surface area (Å²) in [5.41, 5.74) is 8.58. The Bertz CT molecular complexity index is 388. The molecule has 120 valence electrons. The molecule has 0 saturated carbocycles. The molecule has 0 radical (unpaired) electrons. The molecule has 21 heavy (non-hydrogen) atoms. The third-order valence-corrected chi connectivity index (χ3v) is 3.35. The number of unbranched alkanes of at least 4 members (excludes halogenated alkanes) is 2. The van der Waals surface area contributed by atoms with E-state index < -0.39 is 0 Å². The maximum atomic E-state index is 11.8. The summed E-state index contributed by atoms with van der Waals surface area (Å²) in [6.45, 7) is 5.19. The van der Waals surface area contributed by atoms with Crippen molar-refractivity contribution in [2.75, 3.05) is 13.2 Å². The minimum Gasteiger partial charge on any atom is -0.460 e. The maximum absolute atomic E-state index is 11.8. The van der Waals surface area contributed by atoms with E-state index in [1.807, 2.05) is 6.92 Å². The zero-order valence-electron chi connectivity index (χ0n) is 12.8. The van der Waals surface area contributed by atoms with Crippen molar-refractivity contribution in [2.24, 2.45) is 16.8 Å². The first-order valence-corrected chi connectivity index (χ1v) is 7.80. The lowest BCUT2D eigenvalue weighted by atomic mass is 9.99. The Morgan fingerprint density at radius 2 is 2.33 bits per heavy atom. The molecule has 0 unspecified atom stereocenters. The minimum atomic E-state index is -0.179. The highest BCUT2D eigenvalue weighted by molar-refractivity contribution is 7.80. The number of carbonyl (C=O) groups is 1. The third kappa shape index (κ3) is 7.38. The lowest BCUT2D eigenvalue weighted by Crippen LogP contribution is -2.25. The van der Waals surface area contributed by atoms with Gasteiger partial charge in [-0.1, -0.05) is 19.8 Å². The van der Waals surface area contributed by atoms with Crippen LogP contribution in [0.2, 0.25) is 0 Å². The van der Waals surface area contributed by atoms with Crippen molar-refractivity contribution in [2.45, 2.75) is 52.1 Å². The number of cyclic esters (lactones) is 1. The molecule has 1 aliphatic rings. The molecule has 7 heteroatoms. The number of hydrogen-bond acceptors (Lipinski definition) is 5. The van der Waals surface area contributed by atoms with Crippen molar-refractivity contribution in [3.8, 4) is 0 Å². The average Bonchev–Trinajstić information content (AvgIpc) is 2.76. The number of carbonyl (C=O) groups excluding carboxylic acids is 1. The van der Waals surface area contributed by atoms with Gasteiger partial charge in [-0.2, -0.15) is 5.10 Å². The smallest absolute Gasteiger partial charge is 0.309 e. The van der Waals surface area contributed by atoms with Gasteiger partial charge in [-0.05, 0) is 25.6 Å². The predicted octanol–water partition coefficient (Wildman–Crippen LogP) is 1.72. The standard InChI is InChI=1S/C14H25N3O3S/c1-3-4-5-6-19-9-12-8-11(13(18)20-12)7-10(2)16-17-14(15)21/h11-12H,3-9H2,1-2H3,(H3,15,17,21)/b16-10-/t11-,12+/m0/s1. The molecule has 0 aromatic rings. The maximum Gasteiger partial charge on any atom is 0.309 e. The van der Waals surface area contributed by atoms with E-state index in [4.69, 9.17) is 15.2 Å². The van der Waals surface area contributed by atoms with Crippen LogP contribution in [0.15, 0.2) is 5.10 Å². The van der Waals surface area contributed by atoms with Crippen LogP contribution in [-0.2, 0) is 14.3 Å². The van der Waals surface area contributed by atoms with Gasteiger partial charge in [0.05, 0.1) is 12.5 Å². The van der Waals surface area contributed by atoms with Gasteiger partial charge in [-0.15, -0.1) is 0 Å². The molecule has 1 fully saturated rings. The van der Waals surface area contributed by atoms with Crippen LogP contribution in [0.25, 0.3) is 0 Å². The monoisotopic (exact) mass is 315 g/mol. The predicted molar refractivity (Wildman–Crippen MR) is 86.0 cm³/mol. The molecule has 6 nitrogen and oxygen atoms in total. The molecule has 0 spiro atoms. The number of thiocarbonyl (C=S) groups is 1. The molecule has 0 aliphatic carbocycles. The topological polar surface area (TPSA) is 85.9 Å².